The highest BCUT2D eigenvalue weighted by Crippen LogP contribution is 2.31. The van der Waals surface area contributed by atoms with E-state index in [9.17, 15) is 0 Å². The molecule has 0 N–H and O–H groups in total. The maximum Gasteiger partial charge on any atom is 0.161 e. The molecule has 0 aliphatic carbocycles. The molecule has 0 bridgehead atoms. The molecular formula is C18H20N2O3. The van der Waals surface area contributed by atoms with Gasteiger partial charge in [-0.3, -0.25) is 9.88 Å². The molecule has 5 heteroatoms. The molecule has 23 heavy (non-hydrogen) atoms. The van der Waals surface area contributed by atoms with E-state index in [1.54, 1.807) is 6.20 Å². The molecule has 3 heterocycles. The zero-order valence-corrected chi connectivity index (χ0v) is 13.0. The van der Waals surface area contributed by atoms with Crippen molar-refractivity contribution in [1.29, 1.82) is 0 Å². The first kappa shape index (κ1) is 14.5. The molecule has 5 nitrogen and oxygen atoms in total. The van der Waals surface area contributed by atoms with Gasteiger partial charge in [0, 0.05) is 37.6 Å². The Morgan fingerprint density at radius 2 is 2.00 bits per heavy atom. The van der Waals surface area contributed by atoms with E-state index >= 15 is 0 Å². The lowest BCUT2D eigenvalue weighted by molar-refractivity contribution is -0.0331. The Hall–Kier alpha value is -2.11. The molecule has 0 saturated carbocycles. The molecule has 1 saturated heterocycles. The molecule has 120 valence electrons. The van der Waals surface area contributed by atoms with Gasteiger partial charge in [0.05, 0.1) is 12.7 Å². The average Bonchev–Trinajstić information content (AvgIpc) is 2.63. The van der Waals surface area contributed by atoms with Gasteiger partial charge in [-0.15, -0.1) is 0 Å². The normalized spacial score (nSPS) is 21.1. The van der Waals surface area contributed by atoms with Gasteiger partial charge in [-0.1, -0.05) is 12.1 Å². The van der Waals surface area contributed by atoms with Gasteiger partial charge in [0.15, 0.2) is 11.5 Å². The van der Waals surface area contributed by atoms with E-state index in [-0.39, 0.29) is 6.10 Å². The van der Waals surface area contributed by atoms with Crippen molar-refractivity contribution in [2.24, 2.45) is 0 Å². The Bertz CT molecular complexity index is 663. The van der Waals surface area contributed by atoms with Crippen molar-refractivity contribution in [2.45, 2.75) is 12.6 Å². The Labute approximate surface area is 135 Å². The number of aromatic nitrogens is 1. The third-order valence-corrected chi connectivity index (χ3v) is 4.22. The molecule has 1 fully saturated rings. The minimum atomic E-state index is 0.0923. The topological polar surface area (TPSA) is 43.8 Å². The van der Waals surface area contributed by atoms with Gasteiger partial charge in [-0.2, -0.15) is 0 Å². The molecule has 1 atom stereocenters. The molecule has 0 amide bonds. The molecule has 0 unspecified atom stereocenters. The maximum absolute atomic E-state index is 5.90. The van der Waals surface area contributed by atoms with Gasteiger partial charge in [0.25, 0.3) is 0 Å². The van der Waals surface area contributed by atoms with E-state index in [0.717, 1.165) is 43.3 Å². The van der Waals surface area contributed by atoms with Crippen molar-refractivity contribution in [3.05, 3.63) is 53.9 Å². The van der Waals surface area contributed by atoms with Crippen molar-refractivity contribution in [1.82, 2.24) is 9.88 Å². The lowest BCUT2D eigenvalue weighted by Crippen LogP contribution is -2.37. The number of rotatable bonds is 3. The van der Waals surface area contributed by atoms with E-state index in [0.29, 0.717) is 13.2 Å². The molecule has 2 aliphatic heterocycles. The summed E-state index contributed by atoms with van der Waals surface area (Å²) in [6.07, 6.45) is 3.77. The second kappa shape index (κ2) is 6.56. The van der Waals surface area contributed by atoms with E-state index < -0.39 is 0 Å². The van der Waals surface area contributed by atoms with Gasteiger partial charge < -0.3 is 14.2 Å². The van der Waals surface area contributed by atoms with Crippen molar-refractivity contribution < 1.29 is 14.2 Å². The van der Waals surface area contributed by atoms with Crippen LogP contribution in [0.2, 0.25) is 0 Å². The van der Waals surface area contributed by atoms with Crippen molar-refractivity contribution >= 4 is 0 Å². The van der Waals surface area contributed by atoms with Crippen LogP contribution in [0.15, 0.2) is 42.7 Å². The van der Waals surface area contributed by atoms with E-state index in [2.05, 4.69) is 28.1 Å². The second-order valence-corrected chi connectivity index (χ2v) is 5.86. The van der Waals surface area contributed by atoms with Crippen molar-refractivity contribution in [2.75, 3.05) is 32.9 Å². The highest BCUT2D eigenvalue weighted by atomic mass is 16.6. The van der Waals surface area contributed by atoms with E-state index in [1.807, 2.05) is 18.3 Å². The fourth-order valence-electron chi connectivity index (χ4n) is 3.06. The third kappa shape index (κ3) is 3.30. The smallest absolute Gasteiger partial charge is 0.161 e. The zero-order valence-electron chi connectivity index (χ0n) is 13.0. The minimum absolute atomic E-state index is 0.0923. The van der Waals surface area contributed by atoms with Crippen molar-refractivity contribution in [3.63, 3.8) is 0 Å². The largest absolute Gasteiger partial charge is 0.486 e. The average molecular weight is 312 g/mol. The summed E-state index contributed by atoms with van der Waals surface area (Å²) in [5.41, 5.74) is 2.38. The fourth-order valence-corrected chi connectivity index (χ4v) is 3.06. The standard InChI is InChI=1S/C18H20N2O3/c1-2-15(11-19-5-1)18-13-20(6-7-21-18)12-14-3-4-16-17(10-14)23-9-8-22-16/h1-5,10-11,18H,6-9,12-13H2/t18-/m1/s1. The molecular weight excluding hydrogens is 292 g/mol. The Morgan fingerprint density at radius 3 is 2.87 bits per heavy atom. The number of benzene rings is 1. The summed E-state index contributed by atoms with van der Waals surface area (Å²) >= 11 is 0. The van der Waals surface area contributed by atoms with E-state index in [4.69, 9.17) is 14.2 Å². The summed E-state index contributed by atoms with van der Waals surface area (Å²) < 4.78 is 17.1. The fraction of sp³-hybridized carbons (Fsp3) is 0.389. The molecule has 1 aromatic heterocycles. The van der Waals surface area contributed by atoms with Gasteiger partial charge in [-0.25, -0.2) is 0 Å². The Balaban J connectivity index is 1.44. The number of hydrogen-bond donors (Lipinski definition) is 0. The molecule has 0 radical (unpaired) electrons. The minimum Gasteiger partial charge on any atom is -0.486 e. The maximum atomic E-state index is 5.90. The predicted molar refractivity (Wildman–Crippen MR) is 85.6 cm³/mol. The van der Waals surface area contributed by atoms with Gasteiger partial charge in [0.1, 0.15) is 13.2 Å². The molecule has 1 aromatic carbocycles. The number of ether oxygens (including phenoxy) is 3. The summed E-state index contributed by atoms with van der Waals surface area (Å²) in [7, 11) is 0. The van der Waals surface area contributed by atoms with Crippen LogP contribution < -0.4 is 9.47 Å². The van der Waals surface area contributed by atoms with Crippen LogP contribution in [0.1, 0.15) is 17.2 Å². The van der Waals surface area contributed by atoms with Crippen LogP contribution >= 0.6 is 0 Å². The van der Waals surface area contributed by atoms with Gasteiger partial charge in [0.2, 0.25) is 0 Å². The van der Waals surface area contributed by atoms with Gasteiger partial charge in [-0.05, 0) is 23.8 Å². The van der Waals surface area contributed by atoms with Crippen LogP contribution in [0.25, 0.3) is 0 Å². The first-order valence-corrected chi connectivity index (χ1v) is 8.01. The highest BCUT2D eigenvalue weighted by molar-refractivity contribution is 5.43. The van der Waals surface area contributed by atoms with Crippen LogP contribution in [0.5, 0.6) is 11.5 Å². The van der Waals surface area contributed by atoms with Crippen LogP contribution in [0.4, 0.5) is 0 Å². The Kier molecular flexibility index (Phi) is 4.13. The Morgan fingerprint density at radius 1 is 1.09 bits per heavy atom. The highest BCUT2D eigenvalue weighted by Gasteiger charge is 2.22. The first-order valence-electron chi connectivity index (χ1n) is 8.01. The lowest BCUT2D eigenvalue weighted by Gasteiger charge is -2.33. The monoisotopic (exact) mass is 312 g/mol. The molecule has 2 aromatic rings. The predicted octanol–water partition coefficient (Wildman–Crippen LogP) is 2.43. The lowest BCUT2D eigenvalue weighted by atomic mass is 10.1. The molecule has 0 spiro atoms. The molecule has 4 rings (SSSR count). The third-order valence-electron chi connectivity index (χ3n) is 4.22. The summed E-state index contributed by atoms with van der Waals surface area (Å²) in [5, 5.41) is 0. The van der Waals surface area contributed by atoms with Crippen LogP contribution in [-0.4, -0.2) is 42.8 Å². The summed E-state index contributed by atoms with van der Waals surface area (Å²) in [4.78, 5) is 6.60. The van der Waals surface area contributed by atoms with Crippen LogP contribution in [0, 0.1) is 0 Å². The quantitative estimate of drug-likeness (QED) is 0.871. The summed E-state index contributed by atoms with van der Waals surface area (Å²) in [6, 6.07) is 10.2. The van der Waals surface area contributed by atoms with Gasteiger partial charge >= 0.3 is 0 Å². The number of hydrogen-bond acceptors (Lipinski definition) is 5. The zero-order chi connectivity index (χ0) is 15.5. The molecule has 2 aliphatic rings. The number of morpholine rings is 1. The number of nitrogens with zero attached hydrogens (tertiary/aromatic N) is 2. The SMILES string of the molecule is c1cncc([C@H]2CN(Cc3ccc4c(c3)OCCO4)CCO2)c1. The number of fused-ring (bicyclic) bond motifs is 1. The summed E-state index contributed by atoms with van der Waals surface area (Å²) in [6.45, 7) is 4.69. The second-order valence-electron chi connectivity index (χ2n) is 5.86. The first-order chi connectivity index (χ1) is 11.4. The summed E-state index contributed by atoms with van der Waals surface area (Å²) in [5.74, 6) is 1.70. The van der Waals surface area contributed by atoms with Crippen LogP contribution in [0.3, 0.4) is 0 Å². The number of pyridine rings is 1. The van der Waals surface area contributed by atoms with E-state index in [1.165, 1.54) is 5.56 Å². The van der Waals surface area contributed by atoms with Crippen LogP contribution in [-0.2, 0) is 11.3 Å². The van der Waals surface area contributed by atoms with Crippen molar-refractivity contribution in [3.8, 4) is 11.5 Å².